The van der Waals surface area contributed by atoms with Crippen LogP contribution >= 0.6 is 0 Å². The van der Waals surface area contributed by atoms with Crippen molar-refractivity contribution in [1.82, 2.24) is 14.6 Å². The topological polar surface area (TPSA) is 30.3 Å². The Bertz CT molecular complexity index is 522. The molecule has 5 heteroatoms. The minimum Gasteiger partial charge on any atom is -0.336 e. The summed E-state index contributed by atoms with van der Waals surface area (Å²) >= 11 is 0. The Kier molecular flexibility index (Phi) is 3.74. The molecule has 0 saturated heterocycles. The first-order valence-electron chi connectivity index (χ1n) is 5.63. The second-order valence-electron chi connectivity index (χ2n) is 4.13. The molecule has 18 heavy (non-hydrogen) atoms. The minimum absolute atomic E-state index is 0.242. The first kappa shape index (κ1) is 12.7. The normalized spacial score (nSPS) is 11.2. The van der Waals surface area contributed by atoms with Gasteiger partial charge in [0.25, 0.3) is 0 Å². The number of hydrogen-bond acceptors (Lipinski definition) is 3. The van der Waals surface area contributed by atoms with E-state index in [0.717, 1.165) is 17.1 Å². The van der Waals surface area contributed by atoms with Gasteiger partial charge in [-0.05, 0) is 24.3 Å². The number of halogens is 1. The van der Waals surface area contributed by atoms with Crippen molar-refractivity contribution in [3.63, 3.8) is 0 Å². The highest BCUT2D eigenvalue weighted by Crippen LogP contribution is 2.19. The lowest BCUT2D eigenvalue weighted by molar-refractivity contribution is -0.118. The highest BCUT2D eigenvalue weighted by atomic mass is 19.1. The van der Waals surface area contributed by atoms with Crippen molar-refractivity contribution in [1.29, 1.82) is 0 Å². The number of benzene rings is 1. The molecule has 0 fully saturated rings. The molecule has 2 aromatic rings. The van der Waals surface area contributed by atoms with Gasteiger partial charge in [0.1, 0.15) is 11.6 Å². The third kappa shape index (κ3) is 2.75. The molecule has 0 aliphatic rings. The summed E-state index contributed by atoms with van der Waals surface area (Å²) in [6.07, 6.45) is 1.92. The molecule has 0 aliphatic carbocycles. The van der Waals surface area contributed by atoms with E-state index < -0.39 is 0 Å². The smallest absolute Gasteiger partial charge is 0.125 e. The number of aromatic nitrogens is 2. The molecule has 0 unspecified atom stereocenters. The van der Waals surface area contributed by atoms with Crippen LogP contribution in [0.15, 0.2) is 30.5 Å². The van der Waals surface area contributed by atoms with Gasteiger partial charge in [0.15, 0.2) is 0 Å². The third-order valence-electron chi connectivity index (χ3n) is 2.79. The Morgan fingerprint density at radius 2 is 2.00 bits per heavy atom. The molecular formula is C13H16FN3O. The minimum atomic E-state index is -0.242. The summed E-state index contributed by atoms with van der Waals surface area (Å²) in [7, 11) is 5.38. The quantitative estimate of drug-likeness (QED) is 0.778. The van der Waals surface area contributed by atoms with Gasteiger partial charge in [-0.15, -0.1) is 0 Å². The molecule has 1 aromatic carbocycles. The molecule has 0 bridgehead atoms. The van der Waals surface area contributed by atoms with Crippen LogP contribution in [0.5, 0.6) is 0 Å². The lowest BCUT2D eigenvalue weighted by atomic mass is 10.2. The van der Waals surface area contributed by atoms with Crippen LogP contribution in [0.3, 0.4) is 0 Å². The van der Waals surface area contributed by atoms with Crippen LogP contribution in [-0.4, -0.2) is 28.8 Å². The Hall–Kier alpha value is -1.72. The van der Waals surface area contributed by atoms with E-state index in [4.69, 9.17) is 4.84 Å². The van der Waals surface area contributed by atoms with Gasteiger partial charge in [0, 0.05) is 25.9 Å². The third-order valence-corrected chi connectivity index (χ3v) is 2.79. The number of nitrogens with zero attached hydrogens (tertiary/aromatic N) is 3. The van der Waals surface area contributed by atoms with E-state index in [9.17, 15) is 4.39 Å². The largest absolute Gasteiger partial charge is 0.336 e. The zero-order valence-electron chi connectivity index (χ0n) is 10.7. The summed E-state index contributed by atoms with van der Waals surface area (Å²) in [6, 6.07) is 6.32. The molecule has 1 aromatic heterocycles. The van der Waals surface area contributed by atoms with Crippen molar-refractivity contribution in [2.75, 3.05) is 14.2 Å². The molecular weight excluding hydrogens is 233 g/mol. The fraction of sp³-hybridized carbons (Fsp3) is 0.308. The van der Waals surface area contributed by atoms with E-state index >= 15 is 0 Å². The van der Waals surface area contributed by atoms with Crippen LogP contribution in [0.4, 0.5) is 4.39 Å². The second kappa shape index (κ2) is 5.29. The lowest BCUT2D eigenvalue weighted by Crippen LogP contribution is -2.18. The first-order chi connectivity index (χ1) is 8.60. The van der Waals surface area contributed by atoms with E-state index in [1.54, 1.807) is 24.3 Å². The molecule has 4 nitrogen and oxygen atoms in total. The number of aryl methyl sites for hydroxylation is 1. The number of rotatable bonds is 4. The maximum Gasteiger partial charge on any atom is 0.125 e. The van der Waals surface area contributed by atoms with Crippen molar-refractivity contribution < 1.29 is 9.23 Å². The second-order valence-corrected chi connectivity index (χ2v) is 4.13. The number of hydrogen-bond donors (Lipinski definition) is 0. The molecule has 2 rings (SSSR count). The Morgan fingerprint density at radius 3 is 2.61 bits per heavy atom. The van der Waals surface area contributed by atoms with Crippen molar-refractivity contribution in [2.45, 2.75) is 6.54 Å². The molecule has 1 heterocycles. The maximum absolute atomic E-state index is 12.9. The summed E-state index contributed by atoms with van der Waals surface area (Å²) in [4.78, 5) is 9.59. The molecule has 0 saturated carbocycles. The summed E-state index contributed by atoms with van der Waals surface area (Å²) in [5, 5.41) is 1.69. The average Bonchev–Trinajstić information content (AvgIpc) is 2.71. The Labute approximate surface area is 106 Å². The lowest BCUT2D eigenvalue weighted by Gasteiger charge is -2.12. The monoisotopic (exact) mass is 249 g/mol. The molecule has 0 atom stereocenters. The van der Waals surface area contributed by atoms with Crippen molar-refractivity contribution >= 4 is 0 Å². The highest BCUT2D eigenvalue weighted by molar-refractivity contribution is 5.58. The standard InChI is InChI=1S/C13H16FN3O/c1-16-8-12(10-4-6-11(14)7-5-10)15-13(16)9-17(2)18-3/h4-8H,9H2,1-3H3. The van der Waals surface area contributed by atoms with Crippen LogP contribution in [-0.2, 0) is 18.4 Å². The van der Waals surface area contributed by atoms with Gasteiger partial charge in [-0.3, -0.25) is 0 Å². The van der Waals surface area contributed by atoms with Gasteiger partial charge in [-0.1, -0.05) is 0 Å². The summed E-state index contributed by atoms with van der Waals surface area (Å²) < 4.78 is 14.8. The summed E-state index contributed by atoms with van der Waals surface area (Å²) in [6.45, 7) is 0.591. The van der Waals surface area contributed by atoms with Crippen molar-refractivity contribution in [3.05, 3.63) is 42.1 Å². The van der Waals surface area contributed by atoms with E-state index in [1.165, 1.54) is 12.1 Å². The summed E-state index contributed by atoms with van der Waals surface area (Å²) in [5.74, 6) is 0.646. The average molecular weight is 249 g/mol. The highest BCUT2D eigenvalue weighted by Gasteiger charge is 2.09. The van der Waals surface area contributed by atoms with Crippen molar-refractivity contribution in [3.8, 4) is 11.3 Å². The molecule has 96 valence electrons. The van der Waals surface area contributed by atoms with Gasteiger partial charge in [-0.2, -0.15) is 5.06 Å². The number of imidazole rings is 1. The Morgan fingerprint density at radius 1 is 1.33 bits per heavy atom. The Balaban J connectivity index is 2.25. The van der Waals surface area contributed by atoms with Crippen LogP contribution in [0, 0.1) is 5.82 Å². The SMILES string of the molecule is CON(C)Cc1nc(-c2ccc(F)cc2)cn1C. The number of hydroxylamine groups is 2. The van der Waals surface area contributed by atoms with Crippen LogP contribution < -0.4 is 0 Å². The van der Waals surface area contributed by atoms with Gasteiger partial charge >= 0.3 is 0 Å². The van der Waals surface area contributed by atoms with Gasteiger partial charge in [-0.25, -0.2) is 9.37 Å². The fourth-order valence-electron chi connectivity index (χ4n) is 1.68. The van der Waals surface area contributed by atoms with E-state index in [2.05, 4.69) is 4.98 Å². The molecule has 0 spiro atoms. The molecule has 0 radical (unpaired) electrons. The van der Waals surface area contributed by atoms with E-state index in [-0.39, 0.29) is 5.82 Å². The zero-order valence-corrected chi connectivity index (χ0v) is 10.7. The van der Waals surface area contributed by atoms with E-state index in [0.29, 0.717) is 6.54 Å². The van der Waals surface area contributed by atoms with Crippen LogP contribution in [0.25, 0.3) is 11.3 Å². The van der Waals surface area contributed by atoms with E-state index in [1.807, 2.05) is 24.9 Å². The predicted molar refractivity (Wildman–Crippen MR) is 67.1 cm³/mol. The zero-order chi connectivity index (χ0) is 13.1. The van der Waals surface area contributed by atoms with Crippen molar-refractivity contribution in [2.24, 2.45) is 7.05 Å². The van der Waals surface area contributed by atoms with Gasteiger partial charge in [0.2, 0.25) is 0 Å². The molecule has 0 N–H and O–H groups in total. The molecule has 0 aliphatic heterocycles. The summed E-state index contributed by atoms with van der Waals surface area (Å²) in [5.41, 5.74) is 1.73. The fourth-order valence-corrected chi connectivity index (χ4v) is 1.68. The van der Waals surface area contributed by atoms with Crippen LogP contribution in [0.1, 0.15) is 5.82 Å². The van der Waals surface area contributed by atoms with Gasteiger partial charge in [0.05, 0.1) is 19.3 Å². The van der Waals surface area contributed by atoms with Gasteiger partial charge < -0.3 is 9.40 Å². The first-order valence-corrected chi connectivity index (χ1v) is 5.63. The predicted octanol–water partition coefficient (Wildman–Crippen LogP) is 2.22. The van der Waals surface area contributed by atoms with Crippen LogP contribution in [0.2, 0.25) is 0 Å². The maximum atomic E-state index is 12.9. The molecule has 0 amide bonds.